The molecule has 2 aliphatic heterocycles. The molecule has 1 N–H and O–H groups in total. The number of piperidine rings is 1. The Morgan fingerprint density at radius 3 is 2.45 bits per heavy atom. The molecule has 6 heteroatoms. The highest BCUT2D eigenvalue weighted by Gasteiger charge is 2.47. The van der Waals surface area contributed by atoms with Crippen molar-refractivity contribution in [2.45, 2.75) is 55.7 Å². The largest absolute Gasteiger partial charge is 0.393 e. The Labute approximate surface area is 118 Å². The van der Waals surface area contributed by atoms with Gasteiger partial charge in [-0.3, -0.25) is 0 Å². The van der Waals surface area contributed by atoms with Crippen LogP contribution in [0.25, 0.3) is 0 Å². The number of sulfonamides is 1. The number of fused-ring (bicyclic) bond motifs is 2. The van der Waals surface area contributed by atoms with Gasteiger partial charge >= 0.3 is 0 Å². The molecule has 2 heterocycles. The molecule has 20 heavy (non-hydrogen) atoms. The normalized spacial score (nSPS) is 30.6. The number of benzene rings is 1. The lowest BCUT2D eigenvalue weighted by atomic mass is 10.0. The van der Waals surface area contributed by atoms with Gasteiger partial charge in [-0.15, -0.1) is 0 Å². The van der Waals surface area contributed by atoms with E-state index in [9.17, 15) is 17.9 Å². The summed E-state index contributed by atoms with van der Waals surface area (Å²) in [6.45, 7) is 1.67. The van der Waals surface area contributed by atoms with Gasteiger partial charge in [-0.05, 0) is 50.3 Å². The summed E-state index contributed by atoms with van der Waals surface area (Å²) >= 11 is 0. The van der Waals surface area contributed by atoms with E-state index in [0.717, 1.165) is 18.9 Å². The Kier molecular flexibility index (Phi) is 3.35. The van der Waals surface area contributed by atoms with Crippen LogP contribution in [-0.4, -0.2) is 36.0 Å². The third-order valence-corrected chi connectivity index (χ3v) is 6.49. The molecule has 0 aromatic heterocycles. The van der Waals surface area contributed by atoms with Crippen LogP contribution in [0.5, 0.6) is 0 Å². The fraction of sp³-hybridized carbons (Fsp3) is 0.571. The molecule has 4 nitrogen and oxygen atoms in total. The van der Waals surface area contributed by atoms with Gasteiger partial charge in [-0.25, -0.2) is 12.8 Å². The van der Waals surface area contributed by atoms with Crippen LogP contribution in [0.1, 0.15) is 31.2 Å². The Bertz CT molecular complexity index is 617. The highest BCUT2D eigenvalue weighted by Crippen LogP contribution is 2.40. The van der Waals surface area contributed by atoms with Gasteiger partial charge in [0.05, 0.1) is 11.0 Å². The predicted octanol–water partition coefficient (Wildman–Crippen LogP) is 1.81. The maximum atomic E-state index is 13.4. The number of halogens is 1. The van der Waals surface area contributed by atoms with Gasteiger partial charge in [-0.2, -0.15) is 4.31 Å². The molecule has 2 saturated heterocycles. The van der Waals surface area contributed by atoms with Gasteiger partial charge in [0.15, 0.2) is 0 Å². The van der Waals surface area contributed by atoms with Crippen LogP contribution in [0, 0.1) is 12.7 Å². The van der Waals surface area contributed by atoms with Crippen molar-refractivity contribution < 1.29 is 17.9 Å². The van der Waals surface area contributed by atoms with Gasteiger partial charge < -0.3 is 5.11 Å². The fourth-order valence-corrected chi connectivity index (χ4v) is 5.59. The van der Waals surface area contributed by atoms with E-state index < -0.39 is 21.9 Å². The van der Waals surface area contributed by atoms with Crippen LogP contribution in [0.15, 0.2) is 23.1 Å². The first-order chi connectivity index (χ1) is 9.39. The minimum atomic E-state index is -3.69. The lowest BCUT2D eigenvalue weighted by Crippen LogP contribution is -2.48. The average Bonchev–Trinajstić information content (AvgIpc) is 2.66. The molecule has 0 spiro atoms. The minimum absolute atomic E-state index is 0.0470. The molecule has 2 aliphatic rings. The van der Waals surface area contributed by atoms with Crippen molar-refractivity contribution >= 4 is 10.0 Å². The van der Waals surface area contributed by atoms with E-state index in [1.165, 1.54) is 16.4 Å². The van der Waals surface area contributed by atoms with Gasteiger partial charge in [0.2, 0.25) is 10.0 Å². The number of aliphatic hydroxyl groups excluding tert-OH is 1. The molecular weight excluding hydrogens is 281 g/mol. The second kappa shape index (κ2) is 4.79. The van der Waals surface area contributed by atoms with Crippen LogP contribution < -0.4 is 0 Å². The summed E-state index contributed by atoms with van der Waals surface area (Å²) in [7, 11) is -3.69. The van der Waals surface area contributed by atoms with Gasteiger partial charge in [-0.1, -0.05) is 6.07 Å². The van der Waals surface area contributed by atoms with Crippen molar-refractivity contribution in [2.75, 3.05) is 0 Å². The molecule has 2 bridgehead atoms. The van der Waals surface area contributed by atoms with Crippen LogP contribution in [0.2, 0.25) is 0 Å². The summed E-state index contributed by atoms with van der Waals surface area (Å²) < 4.78 is 40.5. The first-order valence-electron chi connectivity index (χ1n) is 6.87. The number of hydrogen-bond donors (Lipinski definition) is 1. The molecule has 2 fully saturated rings. The highest BCUT2D eigenvalue weighted by atomic mass is 32.2. The zero-order chi connectivity index (χ0) is 14.5. The van der Waals surface area contributed by atoms with Gasteiger partial charge in [0.1, 0.15) is 5.82 Å². The molecule has 0 radical (unpaired) electrons. The van der Waals surface area contributed by atoms with Crippen LogP contribution in [0.4, 0.5) is 4.39 Å². The number of aryl methyl sites for hydroxylation is 1. The number of hydrogen-bond acceptors (Lipinski definition) is 3. The highest BCUT2D eigenvalue weighted by molar-refractivity contribution is 7.89. The third kappa shape index (κ3) is 2.16. The van der Waals surface area contributed by atoms with Crippen molar-refractivity contribution in [1.29, 1.82) is 0 Å². The second-order valence-corrected chi connectivity index (χ2v) is 7.57. The monoisotopic (exact) mass is 299 g/mol. The lowest BCUT2D eigenvalue weighted by Gasteiger charge is -2.36. The van der Waals surface area contributed by atoms with Crippen molar-refractivity contribution in [3.8, 4) is 0 Å². The van der Waals surface area contributed by atoms with Crippen LogP contribution in [0.3, 0.4) is 0 Å². The summed E-state index contributed by atoms with van der Waals surface area (Å²) in [5, 5.41) is 9.76. The quantitative estimate of drug-likeness (QED) is 0.906. The maximum absolute atomic E-state index is 13.4. The molecule has 0 aliphatic carbocycles. The zero-order valence-electron chi connectivity index (χ0n) is 11.3. The molecule has 2 unspecified atom stereocenters. The predicted molar refractivity (Wildman–Crippen MR) is 72.2 cm³/mol. The number of nitrogens with zero attached hydrogens (tertiary/aromatic N) is 1. The van der Waals surface area contributed by atoms with E-state index in [1.807, 2.05) is 0 Å². The van der Waals surface area contributed by atoms with Crippen LogP contribution in [-0.2, 0) is 10.0 Å². The summed E-state index contributed by atoms with van der Waals surface area (Å²) in [5.74, 6) is -0.543. The van der Waals surface area contributed by atoms with Crippen molar-refractivity contribution in [2.24, 2.45) is 0 Å². The molecule has 0 amide bonds. The first kappa shape index (κ1) is 14.0. The Balaban J connectivity index is 2.03. The third-order valence-electron chi connectivity index (χ3n) is 4.35. The smallest absolute Gasteiger partial charge is 0.243 e. The first-order valence-corrected chi connectivity index (χ1v) is 8.31. The summed E-state index contributed by atoms with van der Waals surface area (Å²) in [5.41, 5.74) is 0.553. The fourth-order valence-electron chi connectivity index (χ4n) is 3.46. The van der Waals surface area contributed by atoms with E-state index in [2.05, 4.69) is 0 Å². The van der Waals surface area contributed by atoms with Gasteiger partial charge in [0.25, 0.3) is 0 Å². The second-order valence-electron chi connectivity index (χ2n) is 5.76. The number of rotatable bonds is 2. The standard InChI is InChI=1S/C14H18FNO3S/c1-9-2-3-10(15)6-14(9)20(18,19)16-11-4-5-12(16)8-13(17)7-11/h2-3,6,11-13,17H,4-5,7-8H2,1H3. The SMILES string of the molecule is Cc1ccc(F)cc1S(=O)(=O)N1C2CCC1CC(O)C2. The summed E-state index contributed by atoms with van der Waals surface area (Å²) in [4.78, 5) is 0.0470. The molecule has 3 rings (SSSR count). The van der Waals surface area contributed by atoms with Crippen molar-refractivity contribution in [1.82, 2.24) is 4.31 Å². The van der Waals surface area contributed by atoms with Crippen molar-refractivity contribution in [3.05, 3.63) is 29.6 Å². The minimum Gasteiger partial charge on any atom is -0.393 e. The lowest BCUT2D eigenvalue weighted by molar-refractivity contribution is 0.0768. The Hall–Kier alpha value is -0.980. The average molecular weight is 299 g/mol. The molecular formula is C14H18FNO3S. The Morgan fingerprint density at radius 1 is 1.25 bits per heavy atom. The molecule has 1 aromatic rings. The van der Waals surface area contributed by atoms with Crippen LogP contribution >= 0.6 is 0 Å². The summed E-state index contributed by atoms with van der Waals surface area (Å²) in [6, 6.07) is 3.54. The van der Waals surface area contributed by atoms with Crippen molar-refractivity contribution in [3.63, 3.8) is 0 Å². The van der Waals surface area contributed by atoms with Gasteiger partial charge in [0, 0.05) is 12.1 Å². The van der Waals surface area contributed by atoms with E-state index >= 15 is 0 Å². The number of aliphatic hydroxyl groups is 1. The molecule has 110 valence electrons. The Morgan fingerprint density at radius 2 is 1.85 bits per heavy atom. The summed E-state index contributed by atoms with van der Waals surface area (Å²) in [6.07, 6.45) is 2.08. The van der Waals surface area contributed by atoms with E-state index in [4.69, 9.17) is 0 Å². The van der Waals surface area contributed by atoms with E-state index in [-0.39, 0.29) is 17.0 Å². The zero-order valence-corrected chi connectivity index (χ0v) is 12.1. The topological polar surface area (TPSA) is 57.6 Å². The molecule has 1 aromatic carbocycles. The molecule has 0 saturated carbocycles. The van der Waals surface area contributed by atoms with E-state index in [1.54, 1.807) is 6.92 Å². The maximum Gasteiger partial charge on any atom is 0.243 e. The molecule has 2 atom stereocenters. The van der Waals surface area contributed by atoms with E-state index in [0.29, 0.717) is 18.4 Å².